The van der Waals surface area contributed by atoms with Crippen LogP contribution < -0.4 is 5.32 Å². The Balaban J connectivity index is 3.02. The summed E-state index contributed by atoms with van der Waals surface area (Å²) in [6.07, 6.45) is 0.824. The summed E-state index contributed by atoms with van der Waals surface area (Å²) in [7, 11) is 0. The van der Waals surface area contributed by atoms with Crippen molar-refractivity contribution >= 4 is 40.9 Å². The minimum Gasteiger partial charge on any atom is -0.478 e. The predicted octanol–water partition coefficient (Wildman–Crippen LogP) is 4.34. The van der Waals surface area contributed by atoms with E-state index in [4.69, 9.17) is 28.3 Å². The number of carboxylic acid groups (broad SMARTS) is 1. The van der Waals surface area contributed by atoms with E-state index in [0.29, 0.717) is 6.54 Å². The third-order valence-electron chi connectivity index (χ3n) is 2.87. The minimum absolute atomic E-state index is 0.0285. The van der Waals surface area contributed by atoms with Gasteiger partial charge in [0.25, 0.3) is 0 Å². The number of carbonyl (C=O) groups is 2. The van der Waals surface area contributed by atoms with Crippen molar-refractivity contribution in [2.45, 2.75) is 33.2 Å². The van der Waals surface area contributed by atoms with Crippen molar-refractivity contribution in [2.75, 3.05) is 11.9 Å². The summed E-state index contributed by atoms with van der Waals surface area (Å²) in [5.41, 5.74) is 0.187. The minimum atomic E-state index is -1.13. The summed E-state index contributed by atoms with van der Waals surface area (Å²) < 4.78 is 0. The van der Waals surface area contributed by atoms with Gasteiger partial charge in [-0.2, -0.15) is 0 Å². The quantitative estimate of drug-likeness (QED) is 0.842. The van der Waals surface area contributed by atoms with Crippen LogP contribution in [0.3, 0.4) is 0 Å². The normalized spacial score (nSPS) is 10.6. The molecule has 1 aromatic carbocycles. The summed E-state index contributed by atoms with van der Waals surface area (Å²) in [6, 6.07) is 2.22. The lowest BCUT2D eigenvalue weighted by molar-refractivity contribution is 0.0697. The monoisotopic (exact) mass is 332 g/mol. The van der Waals surface area contributed by atoms with Crippen molar-refractivity contribution in [3.8, 4) is 0 Å². The molecular weight excluding hydrogens is 315 g/mol. The average molecular weight is 333 g/mol. The molecule has 0 aliphatic carbocycles. The fraction of sp³-hybridized carbons (Fsp3) is 0.429. The van der Waals surface area contributed by atoms with Gasteiger partial charge in [0.2, 0.25) is 0 Å². The zero-order valence-corrected chi connectivity index (χ0v) is 13.6. The van der Waals surface area contributed by atoms with Gasteiger partial charge in [-0.15, -0.1) is 0 Å². The first-order valence-corrected chi connectivity index (χ1v) is 7.33. The van der Waals surface area contributed by atoms with Crippen LogP contribution >= 0.6 is 23.2 Å². The molecule has 2 N–H and O–H groups in total. The van der Waals surface area contributed by atoms with E-state index in [-0.39, 0.29) is 33.4 Å². The molecule has 0 unspecified atom stereocenters. The van der Waals surface area contributed by atoms with Gasteiger partial charge in [0, 0.05) is 12.6 Å². The molecule has 0 aliphatic rings. The number of nitrogens with zero attached hydrogens (tertiary/aromatic N) is 1. The van der Waals surface area contributed by atoms with E-state index in [9.17, 15) is 9.59 Å². The Labute approximate surface area is 133 Å². The average Bonchev–Trinajstić information content (AvgIpc) is 2.39. The molecule has 21 heavy (non-hydrogen) atoms. The van der Waals surface area contributed by atoms with Crippen LogP contribution in [0.2, 0.25) is 10.0 Å². The van der Waals surface area contributed by atoms with Crippen molar-refractivity contribution < 1.29 is 14.7 Å². The smallest absolute Gasteiger partial charge is 0.335 e. The number of nitrogens with one attached hydrogen (secondary N) is 1. The number of amides is 2. The van der Waals surface area contributed by atoms with E-state index >= 15 is 0 Å². The van der Waals surface area contributed by atoms with Crippen LogP contribution in [-0.2, 0) is 0 Å². The lowest BCUT2D eigenvalue weighted by Crippen LogP contribution is -2.40. The Morgan fingerprint density at radius 1 is 1.29 bits per heavy atom. The summed E-state index contributed by atoms with van der Waals surface area (Å²) in [6.45, 7) is 6.40. The van der Waals surface area contributed by atoms with Crippen molar-refractivity contribution in [1.29, 1.82) is 0 Å². The van der Waals surface area contributed by atoms with Crippen molar-refractivity contribution in [3.05, 3.63) is 27.7 Å². The maximum Gasteiger partial charge on any atom is 0.335 e. The van der Waals surface area contributed by atoms with Gasteiger partial charge in [-0.3, -0.25) is 0 Å². The molecule has 0 saturated carbocycles. The first-order valence-electron chi connectivity index (χ1n) is 6.57. The maximum absolute atomic E-state index is 12.2. The number of hydrogen-bond acceptors (Lipinski definition) is 2. The van der Waals surface area contributed by atoms with Crippen molar-refractivity contribution in [2.24, 2.45) is 0 Å². The van der Waals surface area contributed by atoms with Crippen LogP contribution in [0.4, 0.5) is 10.5 Å². The lowest BCUT2D eigenvalue weighted by Gasteiger charge is -2.27. The lowest BCUT2D eigenvalue weighted by atomic mass is 10.2. The Morgan fingerprint density at radius 3 is 2.19 bits per heavy atom. The predicted molar refractivity (Wildman–Crippen MR) is 84.6 cm³/mol. The van der Waals surface area contributed by atoms with E-state index in [1.54, 1.807) is 4.90 Å². The van der Waals surface area contributed by atoms with E-state index in [2.05, 4.69) is 5.32 Å². The second kappa shape index (κ2) is 7.52. The largest absolute Gasteiger partial charge is 0.478 e. The molecule has 7 heteroatoms. The Morgan fingerprint density at radius 2 is 1.81 bits per heavy atom. The molecule has 0 spiro atoms. The van der Waals surface area contributed by atoms with Crippen molar-refractivity contribution in [3.63, 3.8) is 0 Å². The highest BCUT2D eigenvalue weighted by Crippen LogP contribution is 2.32. The van der Waals surface area contributed by atoms with Crippen LogP contribution in [0.15, 0.2) is 12.1 Å². The molecule has 5 nitrogen and oxygen atoms in total. The van der Waals surface area contributed by atoms with Gasteiger partial charge >= 0.3 is 12.0 Å². The number of urea groups is 1. The molecule has 1 rings (SSSR count). The highest BCUT2D eigenvalue weighted by Gasteiger charge is 2.19. The van der Waals surface area contributed by atoms with E-state index in [1.807, 2.05) is 20.8 Å². The van der Waals surface area contributed by atoms with Gasteiger partial charge in [0.1, 0.15) is 0 Å². The maximum atomic E-state index is 12.2. The third-order valence-corrected chi connectivity index (χ3v) is 3.47. The molecular formula is C14H18Cl2N2O3. The fourth-order valence-electron chi connectivity index (χ4n) is 1.83. The third kappa shape index (κ3) is 4.51. The fourth-order valence-corrected chi connectivity index (χ4v) is 2.41. The molecule has 0 fully saturated rings. The Bertz CT molecular complexity index is 524. The number of benzene rings is 1. The molecule has 0 heterocycles. The van der Waals surface area contributed by atoms with Gasteiger partial charge in [-0.05, 0) is 32.4 Å². The van der Waals surface area contributed by atoms with Crippen molar-refractivity contribution in [1.82, 2.24) is 4.90 Å². The molecule has 1 aromatic rings. The molecule has 0 atom stereocenters. The standard InChI is InChI=1S/C14H18Cl2N2O3/c1-4-5-18(8(2)3)14(21)17-12-10(15)6-9(13(19)20)7-11(12)16/h6-8H,4-5H2,1-3H3,(H,17,21)(H,19,20). The molecule has 0 bridgehead atoms. The van der Waals surface area contributed by atoms with Gasteiger partial charge in [-0.25, -0.2) is 9.59 Å². The SMILES string of the molecule is CCCN(C(=O)Nc1c(Cl)cc(C(=O)O)cc1Cl)C(C)C. The number of aromatic carboxylic acids is 1. The molecule has 2 amide bonds. The zero-order valence-electron chi connectivity index (χ0n) is 12.1. The molecule has 0 radical (unpaired) electrons. The van der Waals surface area contributed by atoms with Crippen LogP contribution in [0.5, 0.6) is 0 Å². The molecule has 0 aromatic heterocycles. The molecule has 116 valence electrons. The second-order valence-electron chi connectivity index (χ2n) is 4.84. The number of hydrogen-bond donors (Lipinski definition) is 2. The summed E-state index contributed by atoms with van der Waals surface area (Å²) in [5.74, 6) is -1.13. The van der Waals surface area contributed by atoms with Crippen LogP contribution in [0.25, 0.3) is 0 Å². The summed E-state index contributed by atoms with van der Waals surface area (Å²) >= 11 is 12.0. The van der Waals surface area contributed by atoms with Gasteiger partial charge in [0.15, 0.2) is 0 Å². The Hall–Kier alpha value is -1.46. The second-order valence-corrected chi connectivity index (χ2v) is 5.65. The number of halogens is 2. The van der Waals surface area contributed by atoms with E-state index in [1.165, 1.54) is 12.1 Å². The first kappa shape index (κ1) is 17.6. The van der Waals surface area contributed by atoms with Crippen LogP contribution in [-0.4, -0.2) is 34.6 Å². The molecule has 0 saturated heterocycles. The topological polar surface area (TPSA) is 69.6 Å². The summed E-state index contributed by atoms with van der Waals surface area (Å²) in [5, 5.41) is 11.7. The first-order chi connectivity index (χ1) is 9.77. The summed E-state index contributed by atoms with van der Waals surface area (Å²) in [4.78, 5) is 24.8. The van der Waals surface area contributed by atoms with Gasteiger partial charge in [0.05, 0.1) is 21.3 Å². The number of carbonyl (C=O) groups excluding carboxylic acids is 1. The zero-order chi connectivity index (χ0) is 16.2. The van der Waals surface area contributed by atoms with E-state index in [0.717, 1.165) is 6.42 Å². The van der Waals surface area contributed by atoms with E-state index < -0.39 is 5.97 Å². The number of anilines is 1. The highest BCUT2D eigenvalue weighted by atomic mass is 35.5. The van der Waals surface area contributed by atoms with Crippen LogP contribution in [0, 0.1) is 0 Å². The van der Waals surface area contributed by atoms with Gasteiger partial charge < -0.3 is 15.3 Å². The number of carboxylic acids is 1. The van der Waals surface area contributed by atoms with Gasteiger partial charge in [-0.1, -0.05) is 30.1 Å². The number of rotatable bonds is 5. The Kier molecular flexibility index (Phi) is 6.30. The van der Waals surface area contributed by atoms with Crippen LogP contribution in [0.1, 0.15) is 37.6 Å². The highest BCUT2D eigenvalue weighted by molar-refractivity contribution is 6.40. The molecule has 0 aliphatic heterocycles.